The maximum Gasteiger partial charge on any atom is 0.265 e. The van der Waals surface area contributed by atoms with Gasteiger partial charge in [-0.25, -0.2) is 12.8 Å². The molecule has 0 aliphatic heterocycles. The normalized spacial score (nSPS) is 11.3. The highest BCUT2D eigenvalue weighted by molar-refractivity contribution is 9.10. The molecule has 0 fully saturated rings. The lowest BCUT2D eigenvalue weighted by molar-refractivity contribution is 0.568. The van der Waals surface area contributed by atoms with Gasteiger partial charge < -0.3 is 0 Å². The number of hydrogen-bond acceptors (Lipinski definition) is 3. The number of halogens is 2. The molecule has 0 bridgehead atoms. The van der Waals surface area contributed by atoms with Crippen molar-refractivity contribution in [2.75, 3.05) is 4.72 Å². The van der Waals surface area contributed by atoms with Crippen molar-refractivity contribution in [3.8, 4) is 0 Å². The molecule has 1 aromatic carbocycles. The second kappa shape index (κ2) is 5.26. The van der Waals surface area contributed by atoms with Gasteiger partial charge in [0.15, 0.2) is 0 Å². The molecule has 2 rings (SSSR count). The van der Waals surface area contributed by atoms with Crippen molar-refractivity contribution < 1.29 is 12.8 Å². The monoisotopic (exact) mass is 344 g/mol. The van der Waals surface area contributed by atoms with E-state index in [-0.39, 0.29) is 4.47 Å². The van der Waals surface area contributed by atoms with E-state index in [1.807, 2.05) is 0 Å². The van der Waals surface area contributed by atoms with Gasteiger partial charge in [-0.15, -0.1) is 0 Å². The smallest absolute Gasteiger partial charge is 0.265 e. The van der Waals surface area contributed by atoms with Crippen molar-refractivity contribution in [2.24, 2.45) is 0 Å². The van der Waals surface area contributed by atoms with Gasteiger partial charge in [0, 0.05) is 16.4 Å². The lowest BCUT2D eigenvalue weighted by Crippen LogP contribution is -2.15. The molecule has 2 aromatic rings. The minimum absolute atomic E-state index is 0.172. The van der Waals surface area contributed by atoms with Crippen LogP contribution in [0.15, 0.2) is 45.9 Å². The molecule has 0 spiro atoms. The summed E-state index contributed by atoms with van der Waals surface area (Å²) in [6.07, 6.45) is 1.48. The fraction of sp³-hybridized carbons (Fsp3) is 0.0833. The third kappa shape index (κ3) is 3.10. The van der Waals surface area contributed by atoms with Crippen LogP contribution in [-0.4, -0.2) is 13.4 Å². The molecule has 0 atom stereocenters. The standard InChI is InChI=1S/C12H10BrFN2O2S/c1-8-7-9(5-6-15-8)16-19(17,18)12-10(13)3-2-4-11(12)14/h2-7H,1H3,(H,15,16). The van der Waals surface area contributed by atoms with Crippen LogP contribution < -0.4 is 4.72 Å². The Morgan fingerprint density at radius 3 is 2.68 bits per heavy atom. The van der Waals surface area contributed by atoms with Crippen LogP contribution in [0.4, 0.5) is 10.1 Å². The van der Waals surface area contributed by atoms with Gasteiger partial charge in [-0.05, 0) is 47.1 Å². The zero-order valence-electron chi connectivity index (χ0n) is 9.89. The lowest BCUT2D eigenvalue weighted by Gasteiger charge is -2.10. The summed E-state index contributed by atoms with van der Waals surface area (Å²) in [5.41, 5.74) is 0.996. The third-order valence-electron chi connectivity index (χ3n) is 2.34. The molecule has 0 saturated carbocycles. The number of anilines is 1. The van der Waals surface area contributed by atoms with E-state index in [0.29, 0.717) is 11.4 Å². The zero-order valence-corrected chi connectivity index (χ0v) is 12.3. The van der Waals surface area contributed by atoms with E-state index in [9.17, 15) is 12.8 Å². The Morgan fingerprint density at radius 1 is 1.32 bits per heavy atom. The first-order valence-corrected chi connectivity index (χ1v) is 7.57. The molecule has 100 valence electrons. The number of nitrogens with zero attached hydrogens (tertiary/aromatic N) is 1. The number of rotatable bonds is 3. The predicted molar refractivity (Wildman–Crippen MR) is 73.9 cm³/mol. The molecule has 0 unspecified atom stereocenters. The number of sulfonamides is 1. The third-order valence-corrected chi connectivity index (χ3v) is 4.72. The van der Waals surface area contributed by atoms with E-state index in [1.54, 1.807) is 13.0 Å². The summed E-state index contributed by atoms with van der Waals surface area (Å²) in [5, 5.41) is 0. The quantitative estimate of drug-likeness (QED) is 0.930. The number of aromatic nitrogens is 1. The minimum Gasteiger partial charge on any atom is -0.279 e. The van der Waals surface area contributed by atoms with E-state index in [4.69, 9.17) is 0 Å². The van der Waals surface area contributed by atoms with Crippen LogP contribution in [-0.2, 0) is 10.0 Å². The van der Waals surface area contributed by atoms with Crippen molar-refractivity contribution in [3.05, 3.63) is 52.5 Å². The molecular formula is C12H10BrFN2O2S. The highest BCUT2D eigenvalue weighted by Crippen LogP contribution is 2.26. The van der Waals surface area contributed by atoms with Crippen LogP contribution in [0.1, 0.15) is 5.69 Å². The number of pyridine rings is 1. The van der Waals surface area contributed by atoms with Gasteiger partial charge >= 0.3 is 0 Å². The van der Waals surface area contributed by atoms with Gasteiger partial charge in [0.05, 0.1) is 5.69 Å². The van der Waals surface area contributed by atoms with E-state index in [2.05, 4.69) is 25.6 Å². The van der Waals surface area contributed by atoms with Gasteiger partial charge in [-0.3, -0.25) is 9.71 Å². The number of nitrogens with one attached hydrogen (secondary N) is 1. The van der Waals surface area contributed by atoms with Crippen molar-refractivity contribution in [2.45, 2.75) is 11.8 Å². The maximum absolute atomic E-state index is 13.7. The summed E-state index contributed by atoms with van der Waals surface area (Å²) in [7, 11) is -3.99. The number of benzene rings is 1. The fourth-order valence-corrected chi connectivity index (χ4v) is 3.72. The van der Waals surface area contributed by atoms with Gasteiger partial charge in [-0.1, -0.05) is 6.07 Å². The summed E-state index contributed by atoms with van der Waals surface area (Å²) < 4.78 is 40.5. The molecule has 4 nitrogen and oxygen atoms in total. The number of hydrogen-bond donors (Lipinski definition) is 1. The highest BCUT2D eigenvalue weighted by Gasteiger charge is 2.22. The Hall–Kier alpha value is -1.47. The Kier molecular flexibility index (Phi) is 3.86. The molecule has 7 heteroatoms. The van der Waals surface area contributed by atoms with Crippen molar-refractivity contribution in [1.82, 2.24) is 4.98 Å². The first-order chi connectivity index (χ1) is 8.90. The summed E-state index contributed by atoms with van der Waals surface area (Å²) in [4.78, 5) is 3.55. The first kappa shape index (κ1) is 14.0. The molecule has 1 N–H and O–H groups in total. The van der Waals surface area contributed by atoms with Crippen LogP contribution >= 0.6 is 15.9 Å². The average Bonchev–Trinajstić information content (AvgIpc) is 2.27. The number of aryl methyl sites for hydroxylation is 1. The van der Waals surface area contributed by atoms with Crippen molar-refractivity contribution in [1.29, 1.82) is 0 Å². The zero-order chi connectivity index (χ0) is 14.0. The van der Waals surface area contributed by atoms with Crippen LogP contribution in [0.25, 0.3) is 0 Å². The summed E-state index contributed by atoms with van der Waals surface area (Å²) in [5.74, 6) is -0.812. The lowest BCUT2D eigenvalue weighted by atomic mass is 10.3. The van der Waals surface area contributed by atoms with Crippen LogP contribution in [0, 0.1) is 12.7 Å². The van der Waals surface area contributed by atoms with E-state index in [1.165, 1.54) is 24.4 Å². The molecule has 0 aliphatic rings. The molecule has 0 saturated heterocycles. The molecular weight excluding hydrogens is 335 g/mol. The molecule has 19 heavy (non-hydrogen) atoms. The van der Waals surface area contributed by atoms with Crippen molar-refractivity contribution in [3.63, 3.8) is 0 Å². The first-order valence-electron chi connectivity index (χ1n) is 5.29. The topological polar surface area (TPSA) is 59.1 Å². The van der Waals surface area contributed by atoms with Gasteiger partial charge in [0.2, 0.25) is 0 Å². The van der Waals surface area contributed by atoms with Gasteiger partial charge in [0.25, 0.3) is 10.0 Å². The summed E-state index contributed by atoms with van der Waals surface area (Å²) in [6.45, 7) is 1.73. The largest absolute Gasteiger partial charge is 0.279 e. The van der Waals surface area contributed by atoms with E-state index >= 15 is 0 Å². The van der Waals surface area contributed by atoms with Crippen LogP contribution in [0.5, 0.6) is 0 Å². The Labute approximate surface area is 118 Å². The SMILES string of the molecule is Cc1cc(NS(=O)(=O)c2c(F)cccc2Br)ccn1. The Morgan fingerprint density at radius 2 is 2.05 bits per heavy atom. The van der Waals surface area contributed by atoms with E-state index in [0.717, 1.165) is 6.07 Å². The van der Waals surface area contributed by atoms with Gasteiger partial charge in [-0.2, -0.15) is 0 Å². The molecule has 0 radical (unpaired) electrons. The van der Waals surface area contributed by atoms with Crippen LogP contribution in [0.3, 0.4) is 0 Å². The van der Waals surface area contributed by atoms with Crippen LogP contribution in [0.2, 0.25) is 0 Å². The molecule has 1 aromatic heterocycles. The molecule has 0 aliphatic carbocycles. The second-order valence-corrected chi connectivity index (χ2v) is 6.32. The Bertz CT molecular complexity index is 699. The van der Waals surface area contributed by atoms with Gasteiger partial charge in [0.1, 0.15) is 10.7 Å². The highest BCUT2D eigenvalue weighted by atomic mass is 79.9. The molecule has 0 amide bonds. The summed E-state index contributed by atoms with van der Waals surface area (Å²) in [6, 6.07) is 7.05. The Balaban J connectivity index is 2.44. The average molecular weight is 345 g/mol. The fourth-order valence-electron chi connectivity index (χ4n) is 1.55. The van der Waals surface area contributed by atoms with Crippen molar-refractivity contribution >= 4 is 31.6 Å². The summed E-state index contributed by atoms with van der Waals surface area (Å²) >= 11 is 3.04. The minimum atomic E-state index is -3.99. The second-order valence-electron chi connectivity index (χ2n) is 3.84. The van der Waals surface area contributed by atoms with E-state index < -0.39 is 20.7 Å². The molecule has 1 heterocycles. The maximum atomic E-state index is 13.7. The predicted octanol–water partition coefficient (Wildman–Crippen LogP) is 3.09.